The van der Waals surface area contributed by atoms with Gasteiger partial charge in [0.1, 0.15) is 11.9 Å². The molecule has 0 spiro atoms. The monoisotopic (exact) mass is 193 g/mol. The molecule has 1 aromatic carbocycles. The lowest BCUT2D eigenvalue weighted by atomic mass is 10.1. The van der Waals surface area contributed by atoms with Crippen LogP contribution in [0.1, 0.15) is 24.2 Å². The van der Waals surface area contributed by atoms with Gasteiger partial charge in [-0.3, -0.25) is 4.79 Å². The van der Waals surface area contributed by atoms with E-state index < -0.39 is 0 Å². The highest BCUT2D eigenvalue weighted by Gasteiger charge is 2.03. The summed E-state index contributed by atoms with van der Waals surface area (Å²) in [7, 11) is 0. The molecule has 0 aliphatic carbocycles. The van der Waals surface area contributed by atoms with Crippen LogP contribution in [0, 0.1) is 0 Å². The molecule has 14 heavy (non-hydrogen) atoms. The summed E-state index contributed by atoms with van der Waals surface area (Å²) in [6, 6.07) is 7.12. The third-order valence-electron chi connectivity index (χ3n) is 1.91. The fourth-order valence-corrected chi connectivity index (χ4v) is 1.07. The van der Waals surface area contributed by atoms with E-state index in [-0.39, 0.29) is 11.9 Å². The Morgan fingerprint density at radius 2 is 2.29 bits per heavy atom. The molecule has 76 valence electrons. The highest BCUT2D eigenvalue weighted by Crippen LogP contribution is 2.14. The number of carbonyl (C=O) groups excluding carboxylic acids is 1. The molecule has 1 aromatic rings. The second-order valence-corrected chi connectivity index (χ2v) is 3.25. The molecule has 0 saturated carbocycles. The van der Waals surface area contributed by atoms with Crippen molar-refractivity contribution in [2.75, 3.05) is 6.54 Å². The average Bonchev–Trinajstić information content (AvgIpc) is 2.18. The molecule has 2 N–H and O–H groups in total. The number of carbonyl (C=O) groups is 1. The molecule has 0 aliphatic heterocycles. The number of hydrogen-bond donors (Lipinski definition) is 1. The summed E-state index contributed by atoms with van der Waals surface area (Å²) in [6.45, 7) is 3.89. The smallest absolute Gasteiger partial charge is 0.159 e. The first-order valence-electron chi connectivity index (χ1n) is 4.61. The second-order valence-electron chi connectivity index (χ2n) is 3.25. The standard InChI is InChI=1S/C11H15NO2/c1-8(7-12)14-11-5-3-4-10(6-11)9(2)13/h3-6,8H,7,12H2,1-2H3. The Kier molecular flexibility index (Phi) is 3.65. The van der Waals surface area contributed by atoms with Crippen molar-refractivity contribution in [2.45, 2.75) is 20.0 Å². The molecular weight excluding hydrogens is 178 g/mol. The molecule has 0 saturated heterocycles. The zero-order chi connectivity index (χ0) is 10.6. The first kappa shape index (κ1) is 10.7. The van der Waals surface area contributed by atoms with Crippen LogP contribution in [-0.4, -0.2) is 18.4 Å². The van der Waals surface area contributed by atoms with E-state index in [2.05, 4.69) is 0 Å². The van der Waals surface area contributed by atoms with Crippen LogP contribution in [0.3, 0.4) is 0 Å². The van der Waals surface area contributed by atoms with Gasteiger partial charge >= 0.3 is 0 Å². The van der Waals surface area contributed by atoms with Crippen molar-refractivity contribution in [3.63, 3.8) is 0 Å². The maximum absolute atomic E-state index is 11.1. The number of hydrogen-bond acceptors (Lipinski definition) is 3. The van der Waals surface area contributed by atoms with Gasteiger partial charge in [-0.15, -0.1) is 0 Å². The summed E-state index contributed by atoms with van der Waals surface area (Å²) in [6.07, 6.45) is -0.0304. The SMILES string of the molecule is CC(=O)c1cccc(OC(C)CN)c1. The van der Waals surface area contributed by atoms with E-state index in [0.717, 1.165) is 0 Å². The van der Waals surface area contributed by atoms with Gasteiger partial charge in [0.15, 0.2) is 5.78 Å². The predicted octanol–water partition coefficient (Wildman–Crippen LogP) is 1.62. The summed E-state index contributed by atoms with van der Waals surface area (Å²) in [5, 5.41) is 0. The zero-order valence-corrected chi connectivity index (χ0v) is 8.49. The number of nitrogens with two attached hydrogens (primary N) is 1. The van der Waals surface area contributed by atoms with Gasteiger partial charge in [-0.1, -0.05) is 12.1 Å². The summed E-state index contributed by atoms with van der Waals surface area (Å²) >= 11 is 0. The summed E-state index contributed by atoms with van der Waals surface area (Å²) in [4.78, 5) is 11.1. The maximum Gasteiger partial charge on any atom is 0.159 e. The minimum Gasteiger partial charge on any atom is -0.489 e. The van der Waals surface area contributed by atoms with Gasteiger partial charge in [0.05, 0.1) is 0 Å². The fraction of sp³-hybridized carbons (Fsp3) is 0.364. The number of Topliss-reactive ketones (excluding diaryl/α,β-unsaturated/α-hetero) is 1. The van der Waals surface area contributed by atoms with Crippen LogP contribution < -0.4 is 10.5 Å². The third kappa shape index (κ3) is 2.85. The topological polar surface area (TPSA) is 52.3 Å². The molecule has 3 heteroatoms. The number of ether oxygens (including phenoxy) is 1. The van der Waals surface area contributed by atoms with Crippen molar-refractivity contribution >= 4 is 5.78 Å². The van der Waals surface area contributed by atoms with Crippen molar-refractivity contribution in [3.8, 4) is 5.75 Å². The largest absolute Gasteiger partial charge is 0.489 e. The first-order valence-corrected chi connectivity index (χ1v) is 4.61. The molecule has 0 aliphatic rings. The molecule has 0 heterocycles. The average molecular weight is 193 g/mol. The lowest BCUT2D eigenvalue weighted by Gasteiger charge is -2.12. The quantitative estimate of drug-likeness (QED) is 0.739. The van der Waals surface area contributed by atoms with Crippen molar-refractivity contribution in [2.24, 2.45) is 5.73 Å². The number of rotatable bonds is 4. The summed E-state index contributed by atoms with van der Waals surface area (Å²) < 4.78 is 5.48. The number of benzene rings is 1. The molecule has 0 aromatic heterocycles. The Bertz CT molecular complexity index is 323. The van der Waals surface area contributed by atoms with E-state index in [1.165, 1.54) is 6.92 Å². The molecule has 0 fully saturated rings. The van der Waals surface area contributed by atoms with Crippen LogP contribution >= 0.6 is 0 Å². The normalized spacial score (nSPS) is 12.2. The van der Waals surface area contributed by atoms with E-state index >= 15 is 0 Å². The Balaban J connectivity index is 2.78. The van der Waals surface area contributed by atoms with Gasteiger partial charge in [0.25, 0.3) is 0 Å². The van der Waals surface area contributed by atoms with Crippen LogP contribution in [-0.2, 0) is 0 Å². The maximum atomic E-state index is 11.1. The second kappa shape index (κ2) is 4.77. The third-order valence-corrected chi connectivity index (χ3v) is 1.91. The molecule has 0 bridgehead atoms. The van der Waals surface area contributed by atoms with Crippen molar-refractivity contribution in [3.05, 3.63) is 29.8 Å². The van der Waals surface area contributed by atoms with Gasteiger partial charge in [0.2, 0.25) is 0 Å². The van der Waals surface area contributed by atoms with E-state index in [1.807, 2.05) is 13.0 Å². The molecule has 1 unspecified atom stereocenters. The Morgan fingerprint density at radius 3 is 2.86 bits per heavy atom. The van der Waals surface area contributed by atoms with Crippen molar-refractivity contribution < 1.29 is 9.53 Å². The van der Waals surface area contributed by atoms with Gasteiger partial charge in [-0.2, -0.15) is 0 Å². The summed E-state index contributed by atoms with van der Waals surface area (Å²) in [5.74, 6) is 0.728. The van der Waals surface area contributed by atoms with E-state index in [1.54, 1.807) is 18.2 Å². The minimum absolute atomic E-state index is 0.0304. The van der Waals surface area contributed by atoms with Crippen LogP contribution in [0.4, 0.5) is 0 Å². The minimum atomic E-state index is -0.0304. The van der Waals surface area contributed by atoms with Crippen LogP contribution in [0.25, 0.3) is 0 Å². The Labute approximate surface area is 83.9 Å². The van der Waals surface area contributed by atoms with Crippen LogP contribution in [0.5, 0.6) is 5.75 Å². The fourth-order valence-electron chi connectivity index (χ4n) is 1.07. The van der Waals surface area contributed by atoms with Crippen molar-refractivity contribution in [1.29, 1.82) is 0 Å². The molecule has 1 rings (SSSR count). The van der Waals surface area contributed by atoms with Gasteiger partial charge in [0, 0.05) is 12.1 Å². The molecule has 3 nitrogen and oxygen atoms in total. The van der Waals surface area contributed by atoms with Gasteiger partial charge < -0.3 is 10.5 Å². The molecule has 0 amide bonds. The highest BCUT2D eigenvalue weighted by molar-refractivity contribution is 5.94. The van der Waals surface area contributed by atoms with E-state index in [9.17, 15) is 4.79 Å². The Morgan fingerprint density at radius 1 is 1.57 bits per heavy atom. The molecular formula is C11H15NO2. The Hall–Kier alpha value is -1.35. The lowest BCUT2D eigenvalue weighted by Crippen LogP contribution is -2.22. The van der Waals surface area contributed by atoms with E-state index in [0.29, 0.717) is 17.9 Å². The predicted molar refractivity (Wildman–Crippen MR) is 55.6 cm³/mol. The van der Waals surface area contributed by atoms with Crippen molar-refractivity contribution in [1.82, 2.24) is 0 Å². The van der Waals surface area contributed by atoms with Crippen LogP contribution in [0.15, 0.2) is 24.3 Å². The van der Waals surface area contributed by atoms with E-state index in [4.69, 9.17) is 10.5 Å². The van der Waals surface area contributed by atoms with Gasteiger partial charge in [-0.25, -0.2) is 0 Å². The number of ketones is 1. The first-order chi connectivity index (χ1) is 6.63. The highest BCUT2D eigenvalue weighted by atomic mass is 16.5. The molecule has 1 atom stereocenters. The molecule has 0 radical (unpaired) electrons. The summed E-state index contributed by atoms with van der Waals surface area (Å²) in [5.41, 5.74) is 6.08. The van der Waals surface area contributed by atoms with Crippen LogP contribution in [0.2, 0.25) is 0 Å². The van der Waals surface area contributed by atoms with Gasteiger partial charge in [-0.05, 0) is 26.0 Å². The lowest BCUT2D eigenvalue weighted by molar-refractivity contribution is 0.101. The zero-order valence-electron chi connectivity index (χ0n) is 8.49.